The lowest BCUT2D eigenvalue weighted by atomic mass is 9.83. The van der Waals surface area contributed by atoms with Crippen LogP contribution in [0, 0.1) is 11.8 Å². The fraction of sp³-hybridized carbons (Fsp3) is 0.696. The topological polar surface area (TPSA) is 110 Å². The zero-order chi connectivity index (χ0) is 23.0. The van der Waals surface area contributed by atoms with E-state index in [-0.39, 0.29) is 23.4 Å². The fourth-order valence-electron chi connectivity index (χ4n) is 3.82. The second-order valence-corrected chi connectivity index (χ2v) is 9.66. The number of aromatic nitrogens is 2. The Labute approximate surface area is 184 Å². The lowest BCUT2D eigenvalue weighted by Crippen LogP contribution is -2.55. The van der Waals surface area contributed by atoms with Gasteiger partial charge in [0.05, 0.1) is 6.20 Å². The van der Waals surface area contributed by atoms with Crippen LogP contribution in [0.25, 0.3) is 0 Å². The van der Waals surface area contributed by atoms with Gasteiger partial charge in [0, 0.05) is 12.4 Å². The SMILES string of the molecule is CC(C)CC(NC(=O)[C@@H](NC(=O)c1cnccn1)C1CCCCC1)C(=O)OC(C)(C)C. The maximum atomic E-state index is 13.3. The monoisotopic (exact) mass is 432 g/mol. The lowest BCUT2D eigenvalue weighted by molar-refractivity contribution is -0.159. The Morgan fingerprint density at radius 1 is 1.10 bits per heavy atom. The van der Waals surface area contributed by atoms with E-state index in [2.05, 4.69) is 20.6 Å². The van der Waals surface area contributed by atoms with Gasteiger partial charge in [-0.05, 0) is 51.9 Å². The summed E-state index contributed by atoms with van der Waals surface area (Å²) in [4.78, 5) is 46.7. The fourth-order valence-corrected chi connectivity index (χ4v) is 3.82. The summed E-state index contributed by atoms with van der Waals surface area (Å²) < 4.78 is 5.52. The van der Waals surface area contributed by atoms with Gasteiger partial charge in [-0.3, -0.25) is 14.6 Å². The van der Waals surface area contributed by atoms with Crippen LogP contribution in [0.15, 0.2) is 18.6 Å². The highest BCUT2D eigenvalue weighted by atomic mass is 16.6. The molecular formula is C23H36N4O4. The van der Waals surface area contributed by atoms with E-state index in [9.17, 15) is 14.4 Å². The highest BCUT2D eigenvalue weighted by Crippen LogP contribution is 2.27. The van der Waals surface area contributed by atoms with E-state index < -0.39 is 29.6 Å². The second-order valence-electron chi connectivity index (χ2n) is 9.66. The zero-order valence-corrected chi connectivity index (χ0v) is 19.3. The number of hydrogen-bond acceptors (Lipinski definition) is 6. The van der Waals surface area contributed by atoms with Gasteiger partial charge in [-0.15, -0.1) is 0 Å². The standard InChI is InChI=1S/C23H36N4O4/c1-15(2)13-17(22(30)31-23(3,4)5)26-21(29)19(16-9-7-6-8-10-16)27-20(28)18-14-24-11-12-25-18/h11-12,14-17,19H,6-10,13H2,1-5H3,(H,26,29)(H,27,28)/t17?,19-/m0/s1. The Balaban J connectivity index is 2.18. The molecule has 1 aromatic heterocycles. The third-order valence-electron chi connectivity index (χ3n) is 5.20. The summed E-state index contributed by atoms with van der Waals surface area (Å²) >= 11 is 0. The van der Waals surface area contributed by atoms with Crippen LogP contribution < -0.4 is 10.6 Å². The Morgan fingerprint density at radius 2 is 1.77 bits per heavy atom. The number of rotatable bonds is 8. The van der Waals surface area contributed by atoms with Crippen LogP contribution in [-0.4, -0.2) is 45.4 Å². The molecule has 2 rings (SSSR count). The van der Waals surface area contributed by atoms with Crippen LogP contribution in [0.2, 0.25) is 0 Å². The van der Waals surface area contributed by atoms with Gasteiger partial charge in [-0.25, -0.2) is 9.78 Å². The Kier molecular flexibility index (Phi) is 8.95. The average molecular weight is 433 g/mol. The molecule has 0 saturated heterocycles. The predicted molar refractivity (Wildman–Crippen MR) is 117 cm³/mol. The summed E-state index contributed by atoms with van der Waals surface area (Å²) in [7, 11) is 0. The van der Waals surface area contributed by atoms with Crippen LogP contribution in [0.4, 0.5) is 0 Å². The molecule has 1 heterocycles. The summed E-state index contributed by atoms with van der Waals surface area (Å²) in [5.41, 5.74) is -0.498. The van der Waals surface area contributed by atoms with E-state index in [1.54, 1.807) is 20.8 Å². The number of amides is 2. The summed E-state index contributed by atoms with van der Waals surface area (Å²) in [6.07, 6.45) is 9.58. The summed E-state index contributed by atoms with van der Waals surface area (Å²) in [6, 6.07) is -1.52. The Bertz CT molecular complexity index is 740. The highest BCUT2D eigenvalue weighted by molar-refractivity contribution is 5.96. The predicted octanol–water partition coefficient (Wildman–Crippen LogP) is 3.03. The molecule has 2 atom stereocenters. The molecule has 8 heteroatoms. The number of hydrogen-bond donors (Lipinski definition) is 2. The van der Waals surface area contributed by atoms with E-state index in [1.165, 1.54) is 18.6 Å². The van der Waals surface area contributed by atoms with Crippen molar-refractivity contribution in [1.82, 2.24) is 20.6 Å². The largest absolute Gasteiger partial charge is 0.458 e. The Hall–Kier alpha value is -2.51. The smallest absolute Gasteiger partial charge is 0.329 e. The van der Waals surface area contributed by atoms with E-state index in [1.807, 2.05) is 13.8 Å². The highest BCUT2D eigenvalue weighted by Gasteiger charge is 2.35. The van der Waals surface area contributed by atoms with Crippen molar-refractivity contribution in [1.29, 1.82) is 0 Å². The molecule has 1 aliphatic rings. The maximum Gasteiger partial charge on any atom is 0.329 e. The molecule has 0 aliphatic heterocycles. The molecule has 1 saturated carbocycles. The number of nitrogens with zero attached hydrogens (tertiary/aromatic N) is 2. The van der Waals surface area contributed by atoms with Crippen molar-refractivity contribution >= 4 is 17.8 Å². The molecule has 1 fully saturated rings. The minimum Gasteiger partial charge on any atom is -0.458 e. The van der Waals surface area contributed by atoms with Crippen molar-refractivity contribution in [3.63, 3.8) is 0 Å². The van der Waals surface area contributed by atoms with Gasteiger partial charge in [0.2, 0.25) is 5.91 Å². The van der Waals surface area contributed by atoms with Crippen molar-refractivity contribution in [2.24, 2.45) is 11.8 Å². The number of carbonyl (C=O) groups excluding carboxylic acids is 3. The summed E-state index contributed by atoms with van der Waals surface area (Å²) in [5.74, 6) is -1.08. The van der Waals surface area contributed by atoms with Crippen LogP contribution in [0.1, 0.15) is 83.6 Å². The first-order valence-corrected chi connectivity index (χ1v) is 11.2. The minimum absolute atomic E-state index is 0.00714. The zero-order valence-electron chi connectivity index (χ0n) is 19.3. The van der Waals surface area contributed by atoms with Crippen molar-refractivity contribution < 1.29 is 19.1 Å². The molecule has 1 unspecified atom stereocenters. The van der Waals surface area contributed by atoms with Crippen LogP contribution in [0.5, 0.6) is 0 Å². The van der Waals surface area contributed by atoms with Gasteiger partial charge in [0.1, 0.15) is 23.4 Å². The molecule has 0 bridgehead atoms. The van der Waals surface area contributed by atoms with Crippen molar-refractivity contribution in [2.75, 3.05) is 0 Å². The van der Waals surface area contributed by atoms with Crippen LogP contribution >= 0.6 is 0 Å². The minimum atomic E-state index is -0.772. The number of esters is 1. The third-order valence-corrected chi connectivity index (χ3v) is 5.20. The number of carbonyl (C=O) groups is 3. The normalized spacial score (nSPS) is 17.0. The quantitative estimate of drug-likeness (QED) is 0.611. The average Bonchev–Trinajstić information content (AvgIpc) is 2.71. The Morgan fingerprint density at radius 3 is 2.32 bits per heavy atom. The third kappa shape index (κ3) is 8.26. The van der Waals surface area contributed by atoms with Crippen LogP contribution in [0.3, 0.4) is 0 Å². The van der Waals surface area contributed by atoms with Gasteiger partial charge >= 0.3 is 5.97 Å². The van der Waals surface area contributed by atoms with Gasteiger partial charge in [-0.1, -0.05) is 33.1 Å². The molecule has 2 amide bonds. The molecule has 0 spiro atoms. The van der Waals surface area contributed by atoms with Gasteiger partial charge in [-0.2, -0.15) is 0 Å². The van der Waals surface area contributed by atoms with Crippen molar-refractivity contribution in [3.8, 4) is 0 Å². The molecule has 2 N–H and O–H groups in total. The first-order chi connectivity index (χ1) is 14.6. The van der Waals surface area contributed by atoms with Gasteiger partial charge in [0.15, 0.2) is 0 Å². The van der Waals surface area contributed by atoms with Gasteiger partial charge < -0.3 is 15.4 Å². The first kappa shape index (κ1) is 24.8. The van der Waals surface area contributed by atoms with Gasteiger partial charge in [0.25, 0.3) is 5.91 Å². The lowest BCUT2D eigenvalue weighted by Gasteiger charge is -2.32. The van der Waals surface area contributed by atoms with Crippen LogP contribution in [-0.2, 0) is 14.3 Å². The molecular weight excluding hydrogens is 396 g/mol. The van der Waals surface area contributed by atoms with Crippen molar-refractivity contribution in [3.05, 3.63) is 24.3 Å². The molecule has 172 valence electrons. The number of nitrogens with one attached hydrogen (secondary N) is 2. The maximum absolute atomic E-state index is 13.3. The molecule has 31 heavy (non-hydrogen) atoms. The van der Waals surface area contributed by atoms with E-state index >= 15 is 0 Å². The first-order valence-electron chi connectivity index (χ1n) is 11.2. The van der Waals surface area contributed by atoms with E-state index in [0.717, 1.165) is 32.1 Å². The number of ether oxygens (including phenoxy) is 1. The second kappa shape index (κ2) is 11.2. The van der Waals surface area contributed by atoms with E-state index in [0.29, 0.717) is 6.42 Å². The van der Waals surface area contributed by atoms with E-state index in [4.69, 9.17) is 4.74 Å². The molecule has 1 aromatic rings. The molecule has 0 radical (unpaired) electrons. The summed E-state index contributed by atoms with van der Waals surface area (Å²) in [5, 5.41) is 5.70. The molecule has 0 aromatic carbocycles. The molecule has 8 nitrogen and oxygen atoms in total. The summed E-state index contributed by atoms with van der Waals surface area (Å²) in [6.45, 7) is 9.36. The van der Waals surface area contributed by atoms with Crippen molar-refractivity contribution in [2.45, 2.75) is 90.8 Å². The molecule has 1 aliphatic carbocycles.